The molecule has 0 rings (SSSR count). The number of carbonyl (C=O) groups is 2. The Bertz CT molecular complexity index is 343. The largest absolute Gasteiger partial charge is 0.466 e. The van der Waals surface area contributed by atoms with Crippen molar-refractivity contribution in [1.82, 2.24) is 0 Å². The second-order valence-electron chi connectivity index (χ2n) is 6.80. The third-order valence-electron chi connectivity index (χ3n) is 4.42. The van der Waals surface area contributed by atoms with Gasteiger partial charge in [-0.15, -0.1) is 0 Å². The Morgan fingerprint density at radius 2 is 1.48 bits per heavy atom. The van der Waals surface area contributed by atoms with E-state index in [0.29, 0.717) is 26.1 Å². The van der Waals surface area contributed by atoms with Gasteiger partial charge in [-0.2, -0.15) is 0 Å². The molecule has 148 valence electrons. The van der Waals surface area contributed by atoms with Gasteiger partial charge in [-0.1, -0.05) is 39.5 Å². The predicted octanol–water partition coefficient (Wildman–Crippen LogP) is 4.66. The summed E-state index contributed by atoms with van der Waals surface area (Å²) >= 11 is 0. The Morgan fingerprint density at radius 3 is 2.12 bits per heavy atom. The van der Waals surface area contributed by atoms with Gasteiger partial charge >= 0.3 is 11.9 Å². The van der Waals surface area contributed by atoms with E-state index in [1.165, 1.54) is 12.8 Å². The van der Waals surface area contributed by atoms with E-state index < -0.39 is 0 Å². The van der Waals surface area contributed by atoms with Crippen molar-refractivity contribution < 1.29 is 23.8 Å². The molecule has 5 heteroatoms. The molecule has 0 saturated carbocycles. The van der Waals surface area contributed by atoms with Crippen molar-refractivity contribution in [2.45, 2.75) is 91.1 Å². The molecule has 0 N–H and O–H groups in total. The van der Waals surface area contributed by atoms with Crippen LogP contribution in [0.1, 0.15) is 85.0 Å². The van der Waals surface area contributed by atoms with Gasteiger partial charge in [0.25, 0.3) is 0 Å². The summed E-state index contributed by atoms with van der Waals surface area (Å²) in [6.07, 6.45) is 8.44. The number of rotatable bonds is 16. The third kappa shape index (κ3) is 14.9. The first-order chi connectivity index (χ1) is 12.0. The van der Waals surface area contributed by atoms with Crippen LogP contribution in [0.25, 0.3) is 0 Å². The first-order valence-electron chi connectivity index (χ1n) is 9.85. The normalized spacial score (nSPS) is 13.3. The van der Waals surface area contributed by atoms with Gasteiger partial charge in [-0.05, 0) is 38.5 Å². The maximum absolute atomic E-state index is 11.8. The zero-order chi connectivity index (χ0) is 18.9. The quantitative estimate of drug-likeness (QED) is 0.296. The van der Waals surface area contributed by atoms with Gasteiger partial charge in [0.2, 0.25) is 0 Å². The number of esters is 2. The smallest absolute Gasteiger partial charge is 0.306 e. The highest BCUT2D eigenvalue weighted by Crippen LogP contribution is 2.13. The Labute approximate surface area is 153 Å². The van der Waals surface area contributed by atoms with Crippen molar-refractivity contribution >= 4 is 11.9 Å². The molecule has 0 bridgehead atoms. The Kier molecular flexibility index (Phi) is 15.7. The van der Waals surface area contributed by atoms with Crippen LogP contribution in [-0.2, 0) is 23.8 Å². The fraction of sp³-hybridized carbons (Fsp3) is 0.900. The van der Waals surface area contributed by atoms with Crippen molar-refractivity contribution in [3.63, 3.8) is 0 Å². The minimum Gasteiger partial charge on any atom is -0.466 e. The van der Waals surface area contributed by atoms with E-state index in [1.54, 1.807) is 7.11 Å². The molecule has 0 amide bonds. The van der Waals surface area contributed by atoms with E-state index in [9.17, 15) is 9.59 Å². The van der Waals surface area contributed by atoms with Crippen molar-refractivity contribution in [2.24, 2.45) is 5.92 Å². The van der Waals surface area contributed by atoms with E-state index in [1.807, 2.05) is 6.92 Å². The standard InChI is InChI=1S/C20H38O5/c1-5-6-7-11-15-24-19(21)12-9-8-10-13-20(22)25-18(3)17(2)14-16-23-4/h17-18H,5-16H2,1-4H3. The third-order valence-corrected chi connectivity index (χ3v) is 4.42. The lowest BCUT2D eigenvalue weighted by Crippen LogP contribution is -2.23. The highest BCUT2D eigenvalue weighted by atomic mass is 16.5. The van der Waals surface area contributed by atoms with E-state index in [2.05, 4.69) is 13.8 Å². The molecule has 2 atom stereocenters. The van der Waals surface area contributed by atoms with Gasteiger partial charge in [0.15, 0.2) is 0 Å². The number of carbonyl (C=O) groups excluding carboxylic acids is 2. The summed E-state index contributed by atoms with van der Waals surface area (Å²) in [7, 11) is 1.67. The first-order valence-corrected chi connectivity index (χ1v) is 9.85. The Hall–Kier alpha value is -1.10. The van der Waals surface area contributed by atoms with Crippen molar-refractivity contribution in [2.75, 3.05) is 20.3 Å². The summed E-state index contributed by atoms with van der Waals surface area (Å²) in [5, 5.41) is 0. The maximum atomic E-state index is 11.8. The van der Waals surface area contributed by atoms with Crippen molar-refractivity contribution in [1.29, 1.82) is 0 Å². The molecule has 0 saturated heterocycles. The summed E-state index contributed by atoms with van der Waals surface area (Å²) in [4.78, 5) is 23.4. The molecular formula is C20H38O5. The van der Waals surface area contributed by atoms with Gasteiger partial charge < -0.3 is 14.2 Å². The van der Waals surface area contributed by atoms with Crippen LogP contribution in [0, 0.1) is 5.92 Å². The summed E-state index contributed by atoms with van der Waals surface area (Å²) in [6.45, 7) is 7.35. The SMILES string of the molecule is CCCCCCOC(=O)CCCCCC(=O)OC(C)C(C)CCOC. The van der Waals surface area contributed by atoms with Gasteiger partial charge in [-0.25, -0.2) is 0 Å². The second-order valence-corrected chi connectivity index (χ2v) is 6.80. The number of methoxy groups -OCH3 is 1. The van der Waals surface area contributed by atoms with E-state index >= 15 is 0 Å². The van der Waals surface area contributed by atoms with Crippen LogP contribution in [-0.4, -0.2) is 38.4 Å². The fourth-order valence-corrected chi connectivity index (χ4v) is 2.42. The molecule has 0 radical (unpaired) electrons. The van der Waals surface area contributed by atoms with E-state index in [4.69, 9.17) is 14.2 Å². The topological polar surface area (TPSA) is 61.8 Å². The number of hydrogen-bond acceptors (Lipinski definition) is 5. The molecule has 0 fully saturated rings. The Balaban J connectivity index is 3.57. The second kappa shape index (κ2) is 16.4. The van der Waals surface area contributed by atoms with Crippen LogP contribution in [0.2, 0.25) is 0 Å². The molecule has 5 nitrogen and oxygen atoms in total. The summed E-state index contributed by atoms with van der Waals surface area (Å²) < 4.78 is 15.7. The fourth-order valence-electron chi connectivity index (χ4n) is 2.42. The molecule has 0 aliphatic carbocycles. The van der Waals surface area contributed by atoms with Gasteiger partial charge in [0.1, 0.15) is 6.10 Å². The average molecular weight is 359 g/mol. The Morgan fingerprint density at radius 1 is 0.840 bits per heavy atom. The van der Waals surface area contributed by atoms with Crippen LogP contribution in [0.5, 0.6) is 0 Å². The van der Waals surface area contributed by atoms with Gasteiger partial charge in [0, 0.05) is 26.6 Å². The van der Waals surface area contributed by atoms with Gasteiger partial charge in [-0.3, -0.25) is 9.59 Å². The highest BCUT2D eigenvalue weighted by Gasteiger charge is 2.16. The highest BCUT2D eigenvalue weighted by molar-refractivity contribution is 5.70. The lowest BCUT2D eigenvalue weighted by Gasteiger charge is -2.20. The lowest BCUT2D eigenvalue weighted by atomic mass is 10.0. The van der Waals surface area contributed by atoms with E-state index in [0.717, 1.165) is 38.5 Å². The molecular weight excluding hydrogens is 320 g/mol. The molecule has 2 unspecified atom stereocenters. The van der Waals surface area contributed by atoms with Gasteiger partial charge in [0.05, 0.1) is 6.61 Å². The first kappa shape index (κ1) is 23.9. The molecule has 0 aliphatic rings. The molecule has 0 spiro atoms. The number of ether oxygens (including phenoxy) is 3. The summed E-state index contributed by atoms with van der Waals surface area (Å²) in [5.74, 6) is 0.00549. The number of unbranched alkanes of at least 4 members (excludes halogenated alkanes) is 5. The van der Waals surface area contributed by atoms with Crippen LogP contribution in [0.4, 0.5) is 0 Å². The molecule has 0 heterocycles. The average Bonchev–Trinajstić information content (AvgIpc) is 2.59. The van der Waals surface area contributed by atoms with Crippen molar-refractivity contribution in [3.05, 3.63) is 0 Å². The number of hydrogen-bond donors (Lipinski definition) is 0. The maximum Gasteiger partial charge on any atom is 0.306 e. The zero-order valence-electron chi connectivity index (χ0n) is 16.7. The minimum atomic E-state index is -0.157. The van der Waals surface area contributed by atoms with Crippen molar-refractivity contribution in [3.8, 4) is 0 Å². The molecule has 0 aromatic heterocycles. The van der Waals surface area contributed by atoms with Crippen LogP contribution in [0.15, 0.2) is 0 Å². The zero-order valence-corrected chi connectivity index (χ0v) is 16.7. The minimum absolute atomic E-state index is 0.0923. The monoisotopic (exact) mass is 358 g/mol. The lowest BCUT2D eigenvalue weighted by molar-refractivity contribution is -0.151. The van der Waals surface area contributed by atoms with Crippen LogP contribution in [0.3, 0.4) is 0 Å². The predicted molar refractivity (Wildman–Crippen MR) is 99.4 cm³/mol. The van der Waals surface area contributed by atoms with E-state index in [-0.39, 0.29) is 24.0 Å². The van der Waals surface area contributed by atoms with Crippen LogP contribution >= 0.6 is 0 Å². The van der Waals surface area contributed by atoms with Crippen LogP contribution < -0.4 is 0 Å². The molecule has 0 aliphatic heterocycles. The molecule has 25 heavy (non-hydrogen) atoms. The summed E-state index contributed by atoms with van der Waals surface area (Å²) in [5.41, 5.74) is 0. The summed E-state index contributed by atoms with van der Waals surface area (Å²) in [6, 6.07) is 0. The molecule has 0 aromatic rings. The molecule has 0 aromatic carbocycles.